The van der Waals surface area contributed by atoms with Gasteiger partial charge in [-0.15, -0.1) is 16.4 Å². The molecule has 0 unspecified atom stereocenters. The largest absolute Gasteiger partial charge is 0.464 e. The molecule has 0 bridgehead atoms. The fourth-order valence-electron chi connectivity index (χ4n) is 2.76. The van der Waals surface area contributed by atoms with E-state index >= 15 is 0 Å². The maximum atomic E-state index is 12.6. The molecular weight excluding hydrogens is 438 g/mol. The molecule has 1 amide bonds. The van der Waals surface area contributed by atoms with Crippen molar-refractivity contribution in [2.45, 2.75) is 12.1 Å². The predicted octanol–water partition coefficient (Wildman–Crippen LogP) is 3.89. The van der Waals surface area contributed by atoms with Gasteiger partial charge in [-0.05, 0) is 41.6 Å². The maximum Gasteiger partial charge on any atom is 0.341 e. The summed E-state index contributed by atoms with van der Waals surface area (Å²) in [5, 5.41) is 17.1. The first-order valence-corrected chi connectivity index (χ1v) is 11.1. The quantitative estimate of drug-likeness (QED) is 0.315. The standard InChI is InChI=1S/C20H17N5O4S2/c1-2-28-19(27)17-14(15-9-6-10-29-15)11-30-18(17)21-16(26)12-31-20-22-23-24-25(20)13-7-4-3-5-8-13/h3-11H,2,12H2,1H3,(H,21,26). The van der Waals surface area contributed by atoms with E-state index in [1.165, 1.54) is 29.4 Å². The Labute approximate surface area is 185 Å². The number of esters is 1. The Bertz CT molecular complexity index is 1170. The number of carbonyl (C=O) groups is 2. The van der Waals surface area contributed by atoms with E-state index in [4.69, 9.17) is 9.15 Å². The van der Waals surface area contributed by atoms with Crippen LogP contribution in [0.15, 0.2) is 63.7 Å². The van der Waals surface area contributed by atoms with E-state index in [-0.39, 0.29) is 23.8 Å². The molecule has 4 aromatic rings. The summed E-state index contributed by atoms with van der Waals surface area (Å²) in [6, 6.07) is 12.9. The van der Waals surface area contributed by atoms with Gasteiger partial charge < -0.3 is 14.5 Å². The van der Waals surface area contributed by atoms with Crippen molar-refractivity contribution in [2.24, 2.45) is 0 Å². The van der Waals surface area contributed by atoms with Gasteiger partial charge in [0, 0.05) is 10.9 Å². The van der Waals surface area contributed by atoms with Gasteiger partial charge in [-0.3, -0.25) is 4.79 Å². The highest BCUT2D eigenvalue weighted by Gasteiger charge is 2.24. The number of aromatic nitrogens is 4. The number of amides is 1. The van der Waals surface area contributed by atoms with Gasteiger partial charge >= 0.3 is 5.97 Å². The summed E-state index contributed by atoms with van der Waals surface area (Å²) >= 11 is 2.42. The molecule has 1 N–H and O–H groups in total. The Morgan fingerprint density at radius 2 is 2.06 bits per heavy atom. The molecule has 31 heavy (non-hydrogen) atoms. The number of hydrogen-bond acceptors (Lipinski definition) is 9. The highest BCUT2D eigenvalue weighted by Crippen LogP contribution is 2.36. The van der Waals surface area contributed by atoms with Crippen molar-refractivity contribution in [3.8, 4) is 17.0 Å². The van der Waals surface area contributed by atoms with Crippen LogP contribution in [-0.2, 0) is 9.53 Å². The van der Waals surface area contributed by atoms with Crippen molar-refractivity contribution in [3.63, 3.8) is 0 Å². The second-order valence-corrected chi connectivity index (χ2v) is 7.92. The molecular formula is C20H17N5O4S2. The first-order valence-electron chi connectivity index (χ1n) is 9.26. The van der Waals surface area contributed by atoms with Gasteiger partial charge in [0.25, 0.3) is 0 Å². The Hall–Kier alpha value is -3.44. The number of thiophene rings is 1. The third-order valence-corrected chi connectivity index (χ3v) is 5.90. The topological polar surface area (TPSA) is 112 Å². The van der Waals surface area contributed by atoms with Crippen LogP contribution in [0, 0.1) is 0 Å². The molecule has 11 heteroatoms. The summed E-state index contributed by atoms with van der Waals surface area (Å²) in [7, 11) is 0. The van der Waals surface area contributed by atoms with Crippen LogP contribution in [0.5, 0.6) is 0 Å². The number of furan rings is 1. The average molecular weight is 456 g/mol. The zero-order chi connectivity index (χ0) is 21.6. The molecule has 1 aromatic carbocycles. The molecule has 4 rings (SSSR count). The summed E-state index contributed by atoms with van der Waals surface area (Å²) in [5.74, 6) is -0.239. The summed E-state index contributed by atoms with van der Waals surface area (Å²) in [6.07, 6.45) is 1.52. The van der Waals surface area contributed by atoms with Gasteiger partial charge in [0.15, 0.2) is 0 Å². The van der Waals surface area contributed by atoms with Crippen LogP contribution in [0.1, 0.15) is 17.3 Å². The molecule has 9 nitrogen and oxygen atoms in total. The van der Waals surface area contributed by atoms with E-state index in [0.717, 1.165) is 5.69 Å². The zero-order valence-corrected chi connectivity index (χ0v) is 18.0. The average Bonchev–Trinajstić information content (AvgIpc) is 3.53. The SMILES string of the molecule is CCOC(=O)c1c(-c2ccco2)csc1NC(=O)CSc1nnnn1-c1ccccc1. The van der Waals surface area contributed by atoms with E-state index in [0.29, 0.717) is 21.5 Å². The third kappa shape index (κ3) is 4.67. The molecule has 0 aliphatic rings. The second kappa shape index (κ2) is 9.58. The lowest BCUT2D eigenvalue weighted by atomic mass is 10.1. The third-order valence-electron chi connectivity index (χ3n) is 4.08. The normalized spacial score (nSPS) is 10.7. The number of anilines is 1. The minimum absolute atomic E-state index is 0.0590. The lowest BCUT2D eigenvalue weighted by Gasteiger charge is -2.08. The van der Waals surface area contributed by atoms with Gasteiger partial charge in [0.05, 0.1) is 24.3 Å². The number of rotatable bonds is 8. The molecule has 0 aliphatic heterocycles. The number of nitrogens with zero attached hydrogens (tertiary/aromatic N) is 4. The molecule has 0 saturated carbocycles. The van der Waals surface area contributed by atoms with E-state index in [1.807, 2.05) is 30.3 Å². The van der Waals surface area contributed by atoms with Crippen LogP contribution in [0.2, 0.25) is 0 Å². The fraction of sp³-hybridized carbons (Fsp3) is 0.150. The monoisotopic (exact) mass is 455 g/mol. The second-order valence-electron chi connectivity index (χ2n) is 6.10. The number of tetrazole rings is 1. The minimum Gasteiger partial charge on any atom is -0.464 e. The van der Waals surface area contributed by atoms with Crippen LogP contribution in [0.3, 0.4) is 0 Å². The van der Waals surface area contributed by atoms with Gasteiger partial charge in [-0.1, -0.05) is 30.0 Å². The zero-order valence-electron chi connectivity index (χ0n) is 16.3. The summed E-state index contributed by atoms with van der Waals surface area (Å²) in [5.41, 5.74) is 1.64. The van der Waals surface area contributed by atoms with E-state index < -0.39 is 5.97 Å². The number of ether oxygens (including phenoxy) is 1. The Morgan fingerprint density at radius 1 is 1.23 bits per heavy atom. The van der Waals surface area contributed by atoms with Crippen molar-refractivity contribution in [3.05, 3.63) is 59.7 Å². The molecule has 0 fully saturated rings. The van der Waals surface area contributed by atoms with Crippen molar-refractivity contribution in [1.29, 1.82) is 0 Å². The predicted molar refractivity (Wildman–Crippen MR) is 116 cm³/mol. The van der Waals surface area contributed by atoms with Crippen molar-refractivity contribution in [1.82, 2.24) is 20.2 Å². The lowest BCUT2D eigenvalue weighted by molar-refractivity contribution is -0.113. The summed E-state index contributed by atoms with van der Waals surface area (Å²) in [4.78, 5) is 25.1. The van der Waals surface area contributed by atoms with Gasteiger partial charge in [0.1, 0.15) is 16.3 Å². The molecule has 3 aromatic heterocycles. The fourth-order valence-corrected chi connectivity index (χ4v) is 4.41. The van der Waals surface area contributed by atoms with E-state index in [9.17, 15) is 9.59 Å². The molecule has 3 heterocycles. The number of nitrogens with one attached hydrogen (secondary N) is 1. The molecule has 0 radical (unpaired) electrons. The highest BCUT2D eigenvalue weighted by atomic mass is 32.2. The lowest BCUT2D eigenvalue weighted by Crippen LogP contribution is -2.16. The van der Waals surface area contributed by atoms with Crippen molar-refractivity contribution < 1.29 is 18.7 Å². The first kappa shape index (κ1) is 20.8. The highest BCUT2D eigenvalue weighted by molar-refractivity contribution is 7.99. The smallest absolute Gasteiger partial charge is 0.341 e. The molecule has 0 atom stereocenters. The molecule has 158 valence electrons. The van der Waals surface area contributed by atoms with Crippen LogP contribution < -0.4 is 5.32 Å². The van der Waals surface area contributed by atoms with Crippen molar-refractivity contribution in [2.75, 3.05) is 17.7 Å². The van der Waals surface area contributed by atoms with Crippen LogP contribution in [-0.4, -0.2) is 44.4 Å². The number of benzene rings is 1. The summed E-state index contributed by atoms with van der Waals surface area (Å²) in [6.45, 7) is 1.94. The van der Waals surface area contributed by atoms with Crippen LogP contribution in [0.4, 0.5) is 5.00 Å². The maximum absolute atomic E-state index is 12.6. The molecule has 0 saturated heterocycles. The Balaban J connectivity index is 1.49. The number of para-hydroxylation sites is 1. The van der Waals surface area contributed by atoms with Gasteiger partial charge in [-0.25, -0.2) is 4.79 Å². The first-order chi connectivity index (χ1) is 15.2. The van der Waals surface area contributed by atoms with Crippen LogP contribution >= 0.6 is 23.1 Å². The Morgan fingerprint density at radius 3 is 2.81 bits per heavy atom. The number of carbonyl (C=O) groups excluding carboxylic acids is 2. The van der Waals surface area contributed by atoms with Crippen LogP contribution in [0.25, 0.3) is 17.0 Å². The van der Waals surface area contributed by atoms with E-state index in [1.54, 1.807) is 29.1 Å². The van der Waals surface area contributed by atoms with Gasteiger partial charge in [0.2, 0.25) is 11.1 Å². The van der Waals surface area contributed by atoms with Crippen molar-refractivity contribution >= 4 is 40.0 Å². The minimum atomic E-state index is -0.522. The summed E-state index contributed by atoms with van der Waals surface area (Å²) < 4.78 is 12.1. The molecule has 0 aliphatic carbocycles. The number of hydrogen-bond donors (Lipinski definition) is 1. The van der Waals surface area contributed by atoms with E-state index in [2.05, 4.69) is 20.8 Å². The molecule has 0 spiro atoms. The number of thioether (sulfide) groups is 1. The Kier molecular flexibility index (Phi) is 6.43. The van der Waals surface area contributed by atoms with Gasteiger partial charge in [-0.2, -0.15) is 4.68 Å².